The fraction of sp³-hybridized carbons (Fsp3) is 0.391. The molecule has 3 aromatic rings. The van der Waals surface area contributed by atoms with Crippen LogP contribution in [0, 0.1) is 5.82 Å². The Labute approximate surface area is 198 Å². The molecule has 4 rings (SSSR count). The van der Waals surface area contributed by atoms with Crippen LogP contribution < -0.4 is 18.3 Å². The molecule has 32 heavy (non-hydrogen) atoms. The van der Waals surface area contributed by atoms with E-state index in [9.17, 15) is 4.39 Å². The minimum absolute atomic E-state index is 0.129. The summed E-state index contributed by atoms with van der Waals surface area (Å²) < 4.78 is 33.0. The SMILES string of the molecule is COCCOc1cc2ncnc([AsH]c3ccc(F)c(Cl)c3)c2cc1OC1CCN(C)CC1. The topological polar surface area (TPSA) is 56.7 Å². The van der Waals surface area contributed by atoms with Gasteiger partial charge in [-0.25, -0.2) is 0 Å². The number of hydrogen-bond donors (Lipinski definition) is 0. The second kappa shape index (κ2) is 10.8. The van der Waals surface area contributed by atoms with Crippen LogP contribution >= 0.6 is 11.6 Å². The van der Waals surface area contributed by atoms with Crippen molar-refractivity contribution in [1.82, 2.24) is 14.9 Å². The zero-order valence-corrected chi connectivity index (χ0v) is 21.0. The summed E-state index contributed by atoms with van der Waals surface area (Å²) in [5.74, 6) is 0.937. The van der Waals surface area contributed by atoms with Crippen LogP contribution in [0.5, 0.6) is 11.5 Å². The van der Waals surface area contributed by atoms with Crippen LogP contribution in [0.2, 0.25) is 5.02 Å². The number of halogens is 2. The Balaban J connectivity index is 1.67. The van der Waals surface area contributed by atoms with Crippen molar-refractivity contribution in [2.45, 2.75) is 18.9 Å². The van der Waals surface area contributed by atoms with E-state index in [1.807, 2.05) is 12.1 Å². The van der Waals surface area contributed by atoms with Gasteiger partial charge in [0.1, 0.15) is 0 Å². The molecule has 1 unspecified atom stereocenters. The zero-order valence-electron chi connectivity index (χ0n) is 18.1. The Bertz CT molecular complexity index is 1080. The molecule has 1 atom stereocenters. The first kappa shape index (κ1) is 23.2. The molecule has 0 amide bonds. The summed E-state index contributed by atoms with van der Waals surface area (Å²) in [7, 11) is 3.77. The van der Waals surface area contributed by atoms with E-state index >= 15 is 0 Å². The maximum atomic E-state index is 13.6. The van der Waals surface area contributed by atoms with Gasteiger partial charge in [-0.3, -0.25) is 0 Å². The van der Waals surface area contributed by atoms with Crippen molar-refractivity contribution >= 4 is 47.1 Å². The van der Waals surface area contributed by atoms with Crippen LogP contribution in [0.4, 0.5) is 4.39 Å². The Hall–Kier alpha value is -1.92. The van der Waals surface area contributed by atoms with Crippen LogP contribution in [0.1, 0.15) is 12.8 Å². The van der Waals surface area contributed by atoms with Gasteiger partial charge in [-0.15, -0.1) is 0 Å². The van der Waals surface area contributed by atoms with Gasteiger partial charge in [-0.2, -0.15) is 0 Å². The average molecular weight is 522 g/mol. The Morgan fingerprint density at radius 2 is 1.94 bits per heavy atom. The normalized spacial score (nSPS) is 15.6. The number of ether oxygens (including phenoxy) is 3. The van der Waals surface area contributed by atoms with Crippen LogP contribution in [-0.4, -0.2) is 77.2 Å². The van der Waals surface area contributed by atoms with Gasteiger partial charge in [-0.05, 0) is 0 Å². The number of aromatic nitrogens is 2. The third-order valence-corrected chi connectivity index (χ3v) is 8.27. The summed E-state index contributed by atoms with van der Waals surface area (Å²) in [5.41, 5.74) is 0.787. The van der Waals surface area contributed by atoms with E-state index in [1.165, 1.54) is 6.07 Å². The van der Waals surface area contributed by atoms with E-state index in [4.69, 9.17) is 25.8 Å². The number of fused-ring (bicyclic) bond motifs is 1. The second-order valence-corrected chi connectivity index (χ2v) is 10.9. The van der Waals surface area contributed by atoms with Crippen LogP contribution in [0.3, 0.4) is 0 Å². The number of likely N-dealkylation sites (tertiary alicyclic amines) is 1. The predicted octanol–water partition coefficient (Wildman–Crippen LogP) is 2.31. The Morgan fingerprint density at radius 3 is 2.69 bits per heavy atom. The molecule has 6 nitrogen and oxygen atoms in total. The van der Waals surface area contributed by atoms with Crippen molar-refractivity contribution < 1.29 is 18.6 Å². The molecule has 0 N–H and O–H groups in total. The molecule has 0 bridgehead atoms. The van der Waals surface area contributed by atoms with Crippen molar-refractivity contribution in [3.05, 3.63) is 47.5 Å². The van der Waals surface area contributed by atoms with Gasteiger partial charge in [-0.1, -0.05) is 0 Å². The van der Waals surface area contributed by atoms with Crippen molar-refractivity contribution in [2.75, 3.05) is 40.5 Å². The Kier molecular flexibility index (Phi) is 7.84. The molecule has 1 aliphatic rings. The maximum absolute atomic E-state index is 13.6. The molecular weight excluding hydrogens is 496 g/mol. The number of rotatable bonds is 8. The number of nitrogens with zero attached hydrogens (tertiary/aromatic N) is 3. The summed E-state index contributed by atoms with van der Waals surface area (Å²) in [4.78, 5) is 11.3. The van der Waals surface area contributed by atoms with E-state index in [0.717, 1.165) is 45.7 Å². The molecule has 170 valence electrons. The number of benzene rings is 2. The Morgan fingerprint density at radius 1 is 1.12 bits per heavy atom. The molecule has 0 radical (unpaired) electrons. The molecule has 0 aliphatic carbocycles. The third kappa shape index (κ3) is 5.70. The van der Waals surface area contributed by atoms with Gasteiger partial charge >= 0.3 is 199 Å². The molecular formula is C23H26AsClFN3O3. The molecule has 1 aromatic heterocycles. The monoisotopic (exact) mass is 521 g/mol. The number of methoxy groups -OCH3 is 1. The summed E-state index contributed by atoms with van der Waals surface area (Å²) in [6, 6.07) is 8.75. The van der Waals surface area contributed by atoms with Crippen molar-refractivity contribution in [2.24, 2.45) is 0 Å². The summed E-state index contributed by atoms with van der Waals surface area (Å²) >= 11 is 5.13. The molecule has 1 fully saturated rings. The van der Waals surface area contributed by atoms with Gasteiger partial charge < -0.3 is 0 Å². The fourth-order valence-electron chi connectivity index (χ4n) is 3.60. The van der Waals surface area contributed by atoms with Gasteiger partial charge in [0.15, 0.2) is 0 Å². The van der Waals surface area contributed by atoms with E-state index in [0.29, 0.717) is 24.7 Å². The van der Waals surface area contributed by atoms with E-state index < -0.39 is 21.6 Å². The first-order chi connectivity index (χ1) is 15.5. The van der Waals surface area contributed by atoms with Crippen LogP contribution in [0.15, 0.2) is 36.7 Å². The molecule has 9 heteroatoms. The third-order valence-electron chi connectivity index (χ3n) is 5.39. The average Bonchev–Trinajstić information content (AvgIpc) is 2.78. The van der Waals surface area contributed by atoms with Gasteiger partial charge in [0.2, 0.25) is 0 Å². The van der Waals surface area contributed by atoms with Crippen molar-refractivity contribution in [1.29, 1.82) is 0 Å². The first-order valence-corrected chi connectivity index (χ1v) is 13.0. The van der Waals surface area contributed by atoms with E-state index in [1.54, 1.807) is 25.6 Å². The second-order valence-electron chi connectivity index (χ2n) is 7.75. The minimum atomic E-state index is -0.854. The molecule has 2 aromatic carbocycles. The molecule has 0 saturated carbocycles. The summed E-state index contributed by atoms with van der Waals surface area (Å²) in [6.07, 6.45) is 3.62. The molecule has 1 saturated heterocycles. The predicted molar refractivity (Wildman–Crippen MR) is 126 cm³/mol. The quantitative estimate of drug-likeness (QED) is 0.335. The van der Waals surface area contributed by atoms with E-state index in [2.05, 4.69) is 21.9 Å². The van der Waals surface area contributed by atoms with Gasteiger partial charge in [0.25, 0.3) is 0 Å². The molecule has 1 aliphatic heterocycles. The standard InChI is InChI=1S/C23H26AsClFN3O3/c1-29-7-5-16(6-8-29)32-22-12-17-20(13-21(22)31-10-9-30-2)27-14-28-23(17)24-15-3-4-19(26)18(25)11-15/h3-4,11-14,16,24H,5-10H2,1-2H3. The molecule has 0 spiro atoms. The van der Waals surface area contributed by atoms with Crippen molar-refractivity contribution in [3.63, 3.8) is 0 Å². The van der Waals surface area contributed by atoms with Crippen molar-refractivity contribution in [3.8, 4) is 11.5 Å². The number of hydrogen-bond acceptors (Lipinski definition) is 6. The molecule has 2 heterocycles. The summed E-state index contributed by atoms with van der Waals surface area (Å²) in [5, 5.41) is 1.06. The summed E-state index contributed by atoms with van der Waals surface area (Å²) in [6.45, 7) is 2.91. The first-order valence-electron chi connectivity index (χ1n) is 10.5. The number of piperidine rings is 1. The van der Waals surface area contributed by atoms with E-state index in [-0.39, 0.29) is 11.1 Å². The zero-order chi connectivity index (χ0) is 22.5. The van der Waals surface area contributed by atoms with Gasteiger partial charge in [0, 0.05) is 0 Å². The van der Waals surface area contributed by atoms with Gasteiger partial charge in [0.05, 0.1) is 0 Å². The van der Waals surface area contributed by atoms with Crippen LogP contribution in [0.25, 0.3) is 10.9 Å². The van der Waals surface area contributed by atoms with Crippen LogP contribution in [-0.2, 0) is 4.74 Å². The fourth-order valence-corrected chi connectivity index (χ4v) is 6.31.